The largest absolute Gasteiger partial charge is 0.437 e. The summed E-state index contributed by atoms with van der Waals surface area (Å²) in [5.41, 5.74) is 7.61. The number of rotatable bonds is 5. The van der Waals surface area contributed by atoms with Gasteiger partial charge >= 0.3 is 0 Å². The summed E-state index contributed by atoms with van der Waals surface area (Å²) in [4.78, 5) is 12.3. The van der Waals surface area contributed by atoms with Crippen molar-refractivity contribution in [1.29, 1.82) is 0 Å². The molecule has 3 rings (SSSR count). The first kappa shape index (κ1) is 18.4. The van der Waals surface area contributed by atoms with Crippen molar-refractivity contribution in [1.82, 2.24) is 10.2 Å². The zero-order chi connectivity index (χ0) is 16.8. The summed E-state index contributed by atoms with van der Waals surface area (Å²) < 4.78 is 5.65. The summed E-state index contributed by atoms with van der Waals surface area (Å²) >= 11 is 0. The lowest BCUT2D eigenvalue weighted by Crippen LogP contribution is -2.11. The number of ether oxygens (including phenoxy) is 1. The molecule has 0 bridgehead atoms. The van der Waals surface area contributed by atoms with Gasteiger partial charge in [0.05, 0.1) is 6.20 Å². The quantitative estimate of drug-likeness (QED) is 0.731. The van der Waals surface area contributed by atoms with E-state index in [1.165, 1.54) is 0 Å². The number of nitrogens with one attached hydrogen (secondary N) is 1. The molecule has 0 radical (unpaired) electrons. The molecular formula is C18H17ClN4O2. The maximum atomic E-state index is 12.3. The van der Waals surface area contributed by atoms with E-state index >= 15 is 0 Å². The molecule has 0 atom stereocenters. The number of benzene rings is 2. The molecule has 0 aliphatic heterocycles. The van der Waals surface area contributed by atoms with E-state index in [1.807, 2.05) is 30.3 Å². The number of aromatic nitrogens is 2. The number of carbonyl (C=O) groups is 1. The third kappa shape index (κ3) is 5.00. The first-order valence-corrected chi connectivity index (χ1v) is 7.40. The van der Waals surface area contributed by atoms with Crippen LogP contribution in [-0.4, -0.2) is 16.1 Å². The molecule has 0 unspecified atom stereocenters. The van der Waals surface area contributed by atoms with Gasteiger partial charge in [-0.25, -0.2) is 0 Å². The fourth-order valence-corrected chi connectivity index (χ4v) is 2.09. The second-order valence-electron chi connectivity index (χ2n) is 5.06. The highest BCUT2D eigenvalue weighted by molar-refractivity contribution is 6.04. The summed E-state index contributed by atoms with van der Waals surface area (Å²) in [5, 5.41) is 10.6. The van der Waals surface area contributed by atoms with Crippen LogP contribution in [0.1, 0.15) is 15.9 Å². The monoisotopic (exact) mass is 356 g/mol. The number of anilines is 1. The molecular weight excluding hydrogens is 340 g/mol. The fraction of sp³-hybridized carbons (Fsp3) is 0.0556. The molecule has 25 heavy (non-hydrogen) atoms. The van der Waals surface area contributed by atoms with Gasteiger partial charge in [-0.05, 0) is 35.9 Å². The second-order valence-corrected chi connectivity index (χ2v) is 5.06. The molecule has 0 spiro atoms. The van der Waals surface area contributed by atoms with Gasteiger partial charge in [0.1, 0.15) is 5.75 Å². The highest BCUT2D eigenvalue weighted by Crippen LogP contribution is 2.21. The van der Waals surface area contributed by atoms with Crippen LogP contribution in [0, 0.1) is 0 Å². The Labute approximate surface area is 151 Å². The number of halogens is 1. The SMILES string of the molecule is Cl.NCc1cnnc(Oc2cccc(C(=O)Nc3ccccc3)c2)c1. The van der Waals surface area contributed by atoms with Gasteiger partial charge in [-0.2, -0.15) is 5.10 Å². The number of nitrogens with zero attached hydrogens (tertiary/aromatic N) is 2. The lowest BCUT2D eigenvalue weighted by atomic mass is 10.2. The van der Waals surface area contributed by atoms with E-state index in [0.29, 0.717) is 23.7 Å². The Kier molecular flexibility index (Phi) is 6.45. The summed E-state index contributed by atoms with van der Waals surface area (Å²) in [6.45, 7) is 0.353. The zero-order valence-corrected chi connectivity index (χ0v) is 14.1. The third-order valence-corrected chi connectivity index (χ3v) is 3.27. The fourth-order valence-electron chi connectivity index (χ4n) is 2.09. The predicted molar refractivity (Wildman–Crippen MR) is 98.1 cm³/mol. The lowest BCUT2D eigenvalue weighted by molar-refractivity contribution is 0.102. The average Bonchev–Trinajstić information content (AvgIpc) is 2.63. The lowest BCUT2D eigenvalue weighted by Gasteiger charge is -2.08. The molecule has 0 aliphatic rings. The molecule has 1 heterocycles. The number of carbonyl (C=O) groups excluding carboxylic acids is 1. The minimum absolute atomic E-state index is 0. The van der Waals surface area contributed by atoms with Gasteiger partial charge < -0.3 is 15.8 Å². The number of para-hydroxylation sites is 1. The Morgan fingerprint density at radius 2 is 1.88 bits per heavy atom. The summed E-state index contributed by atoms with van der Waals surface area (Å²) in [5.74, 6) is 0.617. The molecule has 0 aliphatic carbocycles. The van der Waals surface area contributed by atoms with E-state index < -0.39 is 0 Å². The van der Waals surface area contributed by atoms with Gasteiger partial charge in [0.15, 0.2) is 0 Å². The molecule has 0 saturated carbocycles. The van der Waals surface area contributed by atoms with Crippen LogP contribution in [0.4, 0.5) is 5.69 Å². The number of nitrogens with two attached hydrogens (primary N) is 1. The summed E-state index contributed by atoms with van der Waals surface area (Å²) in [6.07, 6.45) is 1.58. The Bertz CT molecular complexity index is 843. The molecule has 2 aromatic carbocycles. The molecule has 1 aromatic heterocycles. The number of amides is 1. The standard InChI is InChI=1S/C18H16N4O2.ClH/c19-11-13-9-17(22-20-12-13)24-16-8-4-5-14(10-16)18(23)21-15-6-2-1-3-7-15;/h1-10,12H,11,19H2,(H,21,23);1H. The normalized spacial score (nSPS) is 9.80. The second kappa shape index (κ2) is 8.77. The van der Waals surface area contributed by atoms with E-state index in [0.717, 1.165) is 11.3 Å². The van der Waals surface area contributed by atoms with E-state index in [-0.39, 0.29) is 18.3 Å². The molecule has 3 N–H and O–H groups in total. The minimum Gasteiger partial charge on any atom is -0.437 e. The number of hydrogen-bond donors (Lipinski definition) is 2. The molecule has 1 amide bonds. The summed E-state index contributed by atoms with van der Waals surface area (Å²) in [6, 6.07) is 17.8. The van der Waals surface area contributed by atoms with Crippen molar-refractivity contribution in [2.24, 2.45) is 5.73 Å². The summed E-state index contributed by atoms with van der Waals surface area (Å²) in [7, 11) is 0. The van der Waals surface area contributed by atoms with Crippen LogP contribution < -0.4 is 15.8 Å². The van der Waals surface area contributed by atoms with Crippen molar-refractivity contribution >= 4 is 24.0 Å². The Morgan fingerprint density at radius 1 is 1.08 bits per heavy atom. The van der Waals surface area contributed by atoms with Crippen molar-refractivity contribution in [3.63, 3.8) is 0 Å². The molecule has 7 heteroatoms. The van der Waals surface area contributed by atoms with Crippen LogP contribution in [0.25, 0.3) is 0 Å². The Balaban J connectivity index is 0.00000225. The van der Waals surface area contributed by atoms with Crippen LogP contribution in [0.3, 0.4) is 0 Å². The van der Waals surface area contributed by atoms with Crippen molar-refractivity contribution < 1.29 is 9.53 Å². The van der Waals surface area contributed by atoms with Gasteiger partial charge in [0.2, 0.25) is 5.88 Å². The van der Waals surface area contributed by atoms with Gasteiger partial charge in [-0.3, -0.25) is 4.79 Å². The van der Waals surface area contributed by atoms with Gasteiger partial charge in [-0.15, -0.1) is 17.5 Å². The van der Waals surface area contributed by atoms with Gasteiger partial charge in [0, 0.05) is 23.9 Å². The smallest absolute Gasteiger partial charge is 0.255 e. The maximum Gasteiger partial charge on any atom is 0.255 e. The predicted octanol–water partition coefficient (Wildman–Crippen LogP) is 3.40. The van der Waals surface area contributed by atoms with E-state index in [2.05, 4.69) is 15.5 Å². The Morgan fingerprint density at radius 3 is 2.64 bits per heavy atom. The van der Waals surface area contributed by atoms with Gasteiger partial charge in [-0.1, -0.05) is 24.3 Å². The van der Waals surface area contributed by atoms with Crippen LogP contribution in [0.5, 0.6) is 11.6 Å². The minimum atomic E-state index is -0.214. The van der Waals surface area contributed by atoms with Crippen LogP contribution in [0.2, 0.25) is 0 Å². The molecule has 128 valence electrons. The average molecular weight is 357 g/mol. The topological polar surface area (TPSA) is 90.1 Å². The highest BCUT2D eigenvalue weighted by atomic mass is 35.5. The van der Waals surface area contributed by atoms with E-state index in [1.54, 1.807) is 36.5 Å². The number of hydrogen-bond acceptors (Lipinski definition) is 5. The van der Waals surface area contributed by atoms with Gasteiger partial charge in [0.25, 0.3) is 5.91 Å². The maximum absolute atomic E-state index is 12.3. The van der Waals surface area contributed by atoms with Crippen molar-refractivity contribution in [2.75, 3.05) is 5.32 Å². The molecule has 3 aromatic rings. The third-order valence-electron chi connectivity index (χ3n) is 3.27. The van der Waals surface area contributed by atoms with E-state index in [9.17, 15) is 4.79 Å². The highest BCUT2D eigenvalue weighted by Gasteiger charge is 2.08. The van der Waals surface area contributed by atoms with Crippen molar-refractivity contribution in [3.8, 4) is 11.6 Å². The Hall–Kier alpha value is -2.96. The first-order valence-electron chi connectivity index (χ1n) is 7.40. The van der Waals surface area contributed by atoms with Crippen LogP contribution in [0.15, 0.2) is 66.9 Å². The molecule has 0 fully saturated rings. The molecule has 0 saturated heterocycles. The van der Waals surface area contributed by atoms with Crippen molar-refractivity contribution in [3.05, 3.63) is 78.0 Å². The van der Waals surface area contributed by atoms with Crippen LogP contribution in [-0.2, 0) is 6.54 Å². The van der Waals surface area contributed by atoms with Crippen molar-refractivity contribution in [2.45, 2.75) is 6.54 Å². The molecule has 6 nitrogen and oxygen atoms in total. The zero-order valence-electron chi connectivity index (χ0n) is 13.3. The first-order chi connectivity index (χ1) is 11.7. The van der Waals surface area contributed by atoms with Crippen LogP contribution >= 0.6 is 12.4 Å². The van der Waals surface area contributed by atoms with E-state index in [4.69, 9.17) is 10.5 Å².